The first-order valence-corrected chi connectivity index (χ1v) is 7.02. The molecule has 3 aromatic rings. The van der Waals surface area contributed by atoms with E-state index in [9.17, 15) is 4.79 Å². The van der Waals surface area contributed by atoms with E-state index in [1.54, 1.807) is 19.2 Å². The van der Waals surface area contributed by atoms with Crippen molar-refractivity contribution in [2.75, 3.05) is 17.2 Å². The third-order valence-corrected chi connectivity index (χ3v) is 3.73. The summed E-state index contributed by atoms with van der Waals surface area (Å²) in [5.41, 5.74) is 20.4. The molecule has 0 saturated heterocycles. The second-order valence-corrected chi connectivity index (χ2v) is 5.29. The van der Waals surface area contributed by atoms with Crippen LogP contribution in [0.3, 0.4) is 0 Å². The highest BCUT2D eigenvalue weighted by atomic mass is 16.4. The van der Waals surface area contributed by atoms with Crippen LogP contribution in [0.4, 0.5) is 17.5 Å². The number of nitrogens with zero attached hydrogens (tertiary/aromatic N) is 4. The van der Waals surface area contributed by atoms with Crippen LogP contribution in [0.2, 0.25) is 0 Å². The van der Waals surface area contributed by atoms with Crippen LogP contribution in [0.1, 0.15) is 27.2 Å². The highest BCUT2D eigenvalue weighted by Crippen LogP contribution is 2.23. The second kappa shape index (κ2) is 5.61. The van der Waals surface area contributed by atoms with Gasteiger partial charge in [-0.05, 0) is 24.1 Å². The third-order valence-electron chi connectivity index (χ3n) is 3.73. The summed E-state index contributed by atoms with van der Waals surface area (Å²) in [5, 5.41) is 9.10. The molecule has 24 heavy (non-hydrogen) atoms. The lowest BCUT2D eigenvalue weighted by molar-refractivity contribution is 0.0698. The lowest BCUT2D eigenvalue weighted by atomic mass is 9.99. The van der Waals surface area contributed by atoms with Gasteiger partial charge in [0.05, 0.1) is 17.5 Å². The quantitative estimate of drug-likeness (QED) is 0.508. The molecule has 1 aromatic carbocycles. The van der Waals surface area contributed by atoms with Gasteiger partial charge in [-0.15, -0.1) is 0 Å². The number of aromatic carboxylic acids is 1. The number of fused-ring (bicyclic) bond motifs is 1. The van der Waals surface area contributed by atoms with Crippen molar-refractivity contribution in [3.05, 3.63) is 40.7 Å². The number of nitrogen functional groups attached to an aromatic ring is 3. The van der Waals surface area contributed by atoms with Crippen molar-refractivity contribution in [3.8, 4) is 0 Å². The number of aromatic nitrogens is 4. The van der Waals surface area contributed by atoms with E-state index in [1.165, 1.54) is 6.07 Å². The average molecular weight is 325 g/mol. The predicted molar refractivity (Wildman–Crippen MR) is 89.3 cm³/mol. The number of rotatable bonds is 3. The molecule has 0 aliphatic heterocycles. The lowest BCUT2D eigenvalue weighted by Crippen LogP contribution is -2.08. The Bertz CT molecular complexity index is 972. The van der Waals surface area contributed by atoms with Gasteiger partial charge in [-0.25, -0.2) is 14.8 Å². The fourth-order valence-electron chi connectivity index (χ4n) is 2.41. The van der Waals surface area contributed by atoms with Crippen LogP contribution in [0.25, 0.3) is 11.2 Å². The van der Waals surface area contributed by atoms with Gasteiger partial charge >= 0.3 is 5.97 Å². The standard InChI is InChI=1S/C15H15N7O2/c1-6-7(2-3-9(10(6)16)14(23)24)4-8-5-19-13-11(20-8)12(17)21-15(18)22-13/h2-3,5H,4,16H2,1H3,(H,23,24)(H4,17,18,19,21,22). The molecule has 3 rings (SSSR count). The van der Waals surface area contributed by atoms with Gasteiger partial charge in [-0.1, -0.05) is 6.07 Å². The minimum atomic E-state index is -1.06. The van der Waals surface area contributed by atoms with Gasteiger partial charge in [0.15, 0.2) is 17.0 Å². The third kappa shape index (κ3) is 2.62. The maximum absolute atomic E-state index is 11.1. The fourth-order valence-corrected chi connectivity index (χ4v) is 2.41. The van der Waals surface area contributed by atoms with Gasteiger partial charge in [-0.2, -0.15) is 9.97 Å². The van der Waals surface area contributed by atoms with E-state index >= 15 is 0 Å². The highest BCUT2D eigenvalue weighted by molar-refractivity contribution is 5.94. The maximum Gasteiger partial charge on any atom is 0.337 e. The summed E-state index contributed by atoms with van der Waals surface area (Å²) in [6.07, 6.45) is 1.98. The summed E-state index contributed by atoms with van der Waals surface area (Å²) in [4.78, 5) is 27.6. The van der Waals surface area contributed by atoms with Crippen LogP contribution >= 0.6 is 0 Å². The molecule has 0 fully saturated rings. The van der Waals surface area contributed by atoms with Crippen molar-refractivity contribution in [2.24, 2.45) is 0 Å². The van der Waals surface area contributed by atoms with Crippen molar-refractivity contribution in [3.63, 3.8) is 0 Å². The Kier molecular flexibility index (Phi) is 3.60. The minimum absolute atomic E-state index is 0.0370. The van der Waals surface area contributed by atoms with Gasteiger partial charge < -0.3 is 22.3 Å². The molecule has 0 aliphatic rings. The van der Waals surface area contributed by atoms with E-state index in [2.05, 4.69) is 19.9 Å². The highest BCUT2D eigenvalue weighted by Gasteiger charge is 2.14. The second-order valence-electron chi connectivity index (χ2n) is 5.29. The molecule has 0 saturated carbocycles. The first-order valence-electron chi connectivity index (χ1n) is 7.02. The number of carboxylic acid groups (broad SMARTS) is 1. The lowest BCUT2D eigenvalue weighted by Gasteiger charge is -2.11. The molecule has 7 N–H and O–H groups in total. The van der Waals surface area contributed by atoms with Crippen LogP contribution < -0.4 is 17.2 Å². The Hall–Kier alpha value is -3.49. The summed E-state index contributed by atoms with van der Waals surface area (Å²) in [5.74, 6) is -0.866. The summed E-state index contributed by atoms with van der Waals surface area (Å²) in [7, 11) is 0. The van der Waals surface area contributed by atoms with Crippen molar-refractivity contribution >= 4 is 34.6 Å². The Balaban J connectivity index is 2.01. The molecule has 122 valence electrons. The van der Waals surface area contributed by atoms with Crippen LogP contribution in [0, 0.1) is 6.92 Å². The zero-order valence-corrected chi connectivity index (χ0v) is 12.8. The van der Waals surface area contributed by atoms with Gasteiger partial charge in [0.2, 0.25) is 5.95 Å². The smallest absolute Gasteiger partial charge is 0.337 e. The summed E-state index contributed by atoms with van der Waals surface area (Å²) in [6, 6.07) is 3.19. The molecular formula is C15H15N7O2. The molecule has 0 radical (unpaired) electrons. The molecule has 0 atom stereocenters. The summed E-state index contributed by atoms with van der Waals surface area (Å²) >= 11 is 0. The van der Waals surface area contributed by atoms with E-state index in [0.717, 1.165) is 5.56 Å². The predicted octanol–water partition coefficient (Wildman–Crippen LogP) is 0.764. The number of benzene rings is 1. The van der Waals surface area contributed by atoms with Crippen LogP contribution in [-0.2, 0) is 6.42 Å². The van der Waals surface area contributed by atoms with Crippen LogP contribution in [0.15, 0.2) is 18.3 Å². The largest absolute Gasteiger partial charge is 0.478 e. The molecule has 2 heterocycles. The first-order chi connectivity index (χ1) is 11.4. The molecule has 9 nitrogen and oxygen atoms in total. The van der Waals surface area contributed by atoms with E-state index in [0.29, 0.717) is 28.8 Å². The number of hydrogen-bond donors (Lipinski definition) is 4. The number of carboxylic acids is 1. The summed E-state index contributed by atoms with van der Waals surface area (Å²) in [6.45, 7) is 1.77. The zero-order valence-electron chi connectivity index (χ0n) is 12.8. The van der Waals surface area contributed by atoms with Gasteiger partial charge in [-0.3, -0.25) is 0 Å². The Morgan fingerprint density at radius 2 is 1.92 bits per heavy atom. The monoisotopic (exact) mass is 325 g/mol. The Morgan fingerprint density at radius 1 is 1.17 bits per heavy atom. The molecule has 0 unspecified atom stereocenters. The number of anilines is 3. The van der Waals surface area contributed by atoms with Gasteiger partial charge in [0.25, 0.3) is 0 Å². The van der Waals surface area contributed by atoms with Crippen molar-refractivity contribution in [1.82, 2.24) is 19.9 Å². The van der Waals surface area contributed by atoms with Gasteiger partial charge in [0.1, 0.15) is 0 Å². The van der Waals surface area contributed by atoms with Crippen LogP contribution in [-0.4, -0.2) is 31.0 Å². The zero-order chi connectivity index (χ0) is 17.4. The fraction of sp³-hybridized carbons (Fsp3) is 0.133. The molecule has 0 aliphatic carbocycles. The summed E-state index contributed by atoms with van der Waals surface area (Å²) < 4.78 is 0. The Labute approximate surface area is 136 Å². The van der Waals surface area contributed by atoms with Gasteiger partial charge in [0, 0.05) is 12.1 Å². The topological polar surface area (TPSA) is 167 Å². The first kappa shape index (κ1) is 15.4. The van der Waals surface area contributed by atoms with E-state index < -0.39 is 5.97 Å². The van der Waals surface area contributed by atoms with E-state index in [4.69, 9.17) is 22.3 Å². The number of hydrogen-bond acceptors (Lipinski definition) is 8. The average Bonchev–Trinajstić information content (AvgIpc) is 2.52. The molecule has 0 amide bonds. The molecule has 2 aromatic heterocycles. The number of carbonyl (C=O) groups is 1. The van der Waals surface area contributed by atoms with Crippen molar-refractivity contribution < 1.29 is 9.90 Å². The van der Waals surface area contributed by atoms with Crippen molar-refractivity contribution in [2.45, 2.75) is 13.3 Å². The Morgan fingerprint density at radius 3 is 2.62 bits per heavy atom. The SMILES string of the molecule is Cc1c(Cc2cnc3nc(N)nc(N)c3n2)ccc(C(=O)O)c1N. The molecule has 9 heteroatoms. The molecule has 0 bridgehead atoms. The van der Waals surface area contributed by atoms with Crippen LogP contribution in [0.5, 0.6) is 0 Å². The molecular weight excluding hydrogens is 310 g/mol. The van der Waals surface area contributed by atoms with E-state index in [1.807, 2.05) is 0 Å². The minimum Gasteiger partial charge on any atom is -0.478 e. The van der Waals surface area contributed by atoms with Crippen molar-refractivity contribution in [1.29, 1.82) is 0 Å². The molecule has 0 spiro atoms. The van der Waals surface area contributed by atoms with E-state index in [-0.39, 0.29) is 23.0 Å². The maximum atomic E-state index is 11.1. The number of nitrogens with two attached hydrogens (primary N) is 3. The normalized spacial score (nSPS) is 10.9.